The Morgan fingerprint density at radius 2 is 1.66 bits per heavy atom. The van der Waals surface area contributed by atoms with Gasteiger partial charge in [-0.1, -0.05) is 69.2 Å². The standard InChI is InChI=1S/C27H32N2O3/c1-3-5-16-29-20-23(22-12-14-24(15-13-22)32-17-6-4-2)18-25(27(29)31)26(30)28-19-21-10-8-7-9-11-21/h7-15,18,20H,3-6,16-17,19H2,1-2H3,(H,28,30). The molecular weight excluding hydrogens is 400 g/mol. The van der Waals surface area contributed by atoms with E-state index in [4.69, 9.17) is 4.74 Å². The fourth-order valence-corrected chi connectivity index (χ4v) is 3.40. The lowest BCUT2D eigenvalue weighted by atomic mass is 10.0. The van der Waals surface area contributed by atoms with Crippen molar-refractivity contribution >= 4 is 5.91 Å². The summed E-state index contributed by atoms with van der Waals surface area (Å²) >= 11 is 0. The molecule has 1 N–H and O–H groups in total. The minimum absolute atomic E-state index is 0.165. The van der Waals surface area contributed by atoms with Gasteiger partial charge in [-0.2, -0.15) is 0 Å². The molecule has 0 aliphatic rings. The van der Waals surface area contributed by atoms with Crippen molar-refractivity contribution < 1.29 is 9.53 Å². The van der Waals surface area contributed by atoms with Gasteiger partial charge in [0.25, 0.3) is 11.5 Å². The van der Waals surface area contributed by atoms with Gasteiger partial charge < -0.3 is 14.6 Å². The highest BCUT2D eigenvalue weighted by atomic mass is 16.5. The van der Waals surface area contributed by atoms with Gasteiger partial charge in [0.2, 0.25) is 0 Å². The quantitative estimate of drug-likeness (QED) is 0.411. The van der Waals surface area contributed by atoms with Crippen LogP contribution in [0.4, 0.5) is 0 Å². The summed E-state index contributed by atoms with van der Waals surface area (Å²) in [5.41, 5.74) is 2.67. The summed E-state index contributed by atoms with van der Waals surface area (Å²) in [4.78, 5) is 25.9. The largest absolute Gasteiger partial charge is 0.494 e. The van der Waals surface area contributed by atoms with E-state index in [2.05, 4.69) is 19.2 Å². The number of hydrogen-bond acceptors (Lipinski definition) is 3. The van der Waals surface area contributed by atoms with E-state index in [0.717, 1.165) is 48.1 Å². The van der Waals surface area contributed by atoms with Gasteiger partial charge in [0, 0.05) is 19.3 Å². The van der Waals surface area contributed by atoms with Crippen LogP contribution in [0.1, 0.15) is 55.5 Å². The molecule has 2 aromatic carbocycles. The summed E-state index contributed by atoms with van der Waals surface area (Å²) in [6, 6.07) is 19.2. The summed E-state index contributed by atoms with van der Waals surface area (Å²) in [6.07, 6.45) is 5.80. The van der Waals surface area contributed by atoms with Crippen LogP contribution in [-0.4, -0.2) is 17.1 Å². The predicted molar refractivity (Wildman–Crippen MR) is 129 cm³/mol. The van der Waals surface area contributed by atoms with E-state index in [9.17, 15) is 9.59 Å². The van der Waals surface area contributed by atoms with Crippen LogP contribution in [0.5, 0.6) is 5.75 Å². The molecule has 1 amide bonds. The van der Waals surface area contributed by atoms with E-state index in [1.54, 1.807) is 10.6 Å². The number of pyridine rings is 1. The van der Waals surface area contributed by atoms with Crippen molar-refractivity contribution in [3.8, 4) is 16.9 Å². The maximum atomic E-state index is 13.0. The highest BCUT2D eigenvalue weighted by Gasteiger charge is 2.15. The maximum Gasteiger partial charge on any atom is 0.263 e. The molecule has 1 aromatic heterocycles. The van der Waals surface area contributed by atoms with E-state index in [1.165, 1.54) is 0 Å². The Kier molecular flexibility index (Phi) is 8.67. The number of nitrogens with one attached hydrogen (secondary N) is 1. The molecule has 5 heteroatoms. The molecular formula is C27H32N2O3. The van der Waals surface area contributed by atoms with Gasteiger partial charge >= 0.3 is 0 Å². The molecule has 0 fully saturated rings. The van der Waals surface area contributed by atoms with Crippen molar-refractivity contribution in [2.75, 3.05) is 6.61 Å². The summed E-state index contributed by atoms with van der Waals surface area (Å²) in [5, 5.41) is 2.88. The van der Waals surface area contributed by atoms with Gasteiger partial charge in [-0.15, -0.1) is 0 Å². The number of benzene rings is 2. The molecule has 0 aliphatic heterocycles. The van der Waals surface area contributed by atoms with Gasteiger partial charge in [-0.05, 0) is 47.7 Å². The number of hydrogen-bond donors (Lipinski definition) is 1. The SMILES string of the molecule is CCCCOc1ccc(-c2cc(C(=O)NCc3ccccc3)c(=O)n(CCCC)c2)cc1. The van der Waals surface area contributed by atoms with Crippen LogP contribution in [0.3, 0.4) is 0 Å². The van der Waals surface area contributed by atoms with Crippen molar-refractivity contribution in [1.82, 2.24) is 9.88 Å². The second kappa shape index (κ2) is 11.9. The molecule has 0 unspecified atom stereocenters. The van der Waals surface area contributed by atoms with Crippen LogP contribution in [0.2, 0.25) is 0 Å². The lowest BCUT2D eigenvalue weighted by molar-refractivity contribution is 0.0948. The number of rotatable bonds is 11. The maximum absolute atomic E-state index is 13.0. The molecule has 0 atom stereocenters. The highest BCUT2D eigenvalue weighted by Crippen LogP contribution is 2.23. The first-order valence-electron chi connectivity index (χ1n) is 11.4. The van der Waals surface area contributed by atoms with Gasteiger partial charge in [0.1, 0.15) is 11.3 Å². The monoisotopic (exact) mass is 432 g/mol. The third kappa shape index (κ3) is 6.33. The molecule has 3 rings (SSSR count). The van der Waals surface area contributed by atoms with Gasteiger partial charge in [-0.3, -0.25) is 9.59 Å². The van der Waals surface area contributed by atoms with Crippen LogP contribution in [-0.2, 0) is 13.1 Å². The van der Waals surface area contributed by atoms with Gasteiger partial charge in [-0.25, -0.2) is 0 Å². The second-order valence-electron chi connectivity index (χ2n) is 7.89. The third-order valence-electron chi connectivity index (χ3n) is 5.33. The number of carbonyl (C=O) groups excluding carboxylic acids is 1. The number of unbranched alkanes of at least 4 members (excludes halogenated alkanes) is 2. The Bertz CT molecular complexity index is 1060. The molecule has 5 nitrogen and oxygen atoms in total. The van der Waals surface area contributed by atoms with Crippen molar-refractivity contribution in [2.45, 2.75) is 52.6 Å². The first kappa shape index (κ1) is 23.3. The molecule has 0 spiro atoms. The lowest BCUT2D eigenvalue weighted by Crippen LogP contribution is -2.33. The zero-order chi connectivity index (χ0) is 22.8. The van der Waals surface area contributed by atoms with E-state index in [-0.39, 0.29) is 17.0 Å². The fourth-order valence-electron chi connectivity index (χ4n) is 3.40. The molecule has 0 aliphatic carbocycles. The summed E-state index contributed by atoms with van der Waals surface area (Å²) < 4.78 is 7.40. The number of carbonyl (C=O) groups is 1. The predicted octanol–water partition coefficient (Wildman–Crippen LogP) is 5.42. The van der Waals surface area contributed by atoms with Crippen molar-refractivity contribution in [2.24, 2.45) is 0 Å². The Balaban J connectivity index is 1.85. The minimum Gasteiger partial charge on any atom is -0.494 e. The topological polar surface area (TPSA) is 60.3 Å². The van der Waals surface area contributed by atoms with Crippen LogP contribution in [0, 0.1) is 0 Å². The van der Waals surface area contributed by atoms with Crippen LogP contribution in [0.15, 0.2) is 71.7 Å². The second-order valence-corrected chi connectivity index (χ2v) is 7.89. The number of ether oxygens (including phenoxy) is 1. The Morgan fingerprint density at radius 3 is 2.34 bits per heavy atom. The Morgan fingerprint density at radius 1 is 0.938 bits per heavy atom. The summed E-state index contributed by atoms with van der Waals surface area (Å²) in [7, 11) is 0. The van der Waals surface area contributed by atoms with Gasteiger partial charge in [0.15, 0.2) is 0 Å². The molecule has 0 radical (unpaired) electrons. The van der Waals surface area contributed by atoms with Gasteiger partial charge in [0.05, 0.1) is 6.61 Å². The Hall–Kier alpha value is -3.34. The number of amides is 1. The lowest BCUT2D eigenvalue weighted by Gasteiger charge is -2.13. The van der Waals surface area contributed by atoms with Crippen LogP contribution in [0.25, 0.3) is 11.1 Å². The summed E-state index contributed by atoms with van der Waals surface area (Å²) in [5.74, 6) is 0.466. The average molecular weight is 433 g/mol. The molecule has 0 saturated heterocycles. The first-order chi connectivity index (χ1) is 15.6. The molecule has 0 bridgehead atoms. The Labute approximate surface area is 190 Å². The first-order valence-corrected chi connectivity index (χ1v) is 11.4. The highest BCUT2D eigenvalue weighted by molar-refractivity contribution is 5.95. The normalized spacial score (nSPS) is 10.7. The number of nitrogens with zero attached hydrogens (tertiary/aromatic N) is 1. The van der Waals surface area contributed by atoms with Crippen molar-refractivity contribution in [3.05, 3.63) is 88.3 Å². The van der Waals surface area contributed by atoms with E-state index < -0.39 is 0 Å². The van der Waals surface area contributed by atoms with Crippen molar-refractivity contribution in [1.29, 1.82) is 0 Å². The number of aromatic nitrogens is 1. The van der Waals surface area contributed by atoms with E-state index >= 15 is 0 Å². The van der Waals surface area contributed by atoms with E-state index in [1.807, 2.05) is 60.8 Å². The molecule has 168 valence electrons. The molecule has 3 aromatic rings. The average Bonchev–Trinajstić information content (AvgIpc) is 2.83. The van der Waals surface area contributed by atoms with Crippen molar-refractivity contribution in [3.63, 3.8) is 0 Å². The minimum atomic E-state index is -0.356. The number of aryl methyl sites for hydroxylation is 1. The van der Waals surface area contributed by atoms with Crippen LogP contribution >= 0.6 is 0 Å². The third-order valence-corrected chi connectivity index (χ3v) is 5.33. The zero-order valence-corrected chi connectivity index (χ0v) is 19.0. The van der Waals surface area contributed by atoms with E-state index in [0.29, 0.717) is 19.7 Å². The summed E-state index contributed by atoms with van der Waals surface area (Å²) in [6.45, 7) is 5.87. The molecule has 32 heavy (non-hydrogen) atoms. The van der Waals surface area contributed by atoms with Crippen LogP contribution < -0.4 is 15.6 Å². The molecule has 0 saturated carbocycles. The zero-order valence-electron chi connectivity index (χ0n) is 19.0. The smallest absolute Gasteiger partial charge is 0.263 e. The fraction of sp³-hybridized carbons (Fsp3) is 0.333. The molecule has 1 heterocycles.